The number of amides is 1. The van der Waals surface area contributed by atoms with Crippen LogP contribution in [-0.2, 0) is 4.74 Å². The Hall–Kier alpha value is -2.82. The third-order valence-electron chi connectivity index (χ3n) is 3.55. The maximum Gasteiger partial charge on any atom is 0.254 e. The molecule has 0 bridgehead atoms. The van der Waals surface area contributed by atoms with Crippen LogP contribution < -0.4 is 22.1 Å². The van der Waals surface area contributed by atoms with Gasteiger partial charge in [0.25, 0.3) is 5.91 Å². The van der Waals surface area contributed by atoms with E-state index in [0.29, 0.717) is 24.9 Å². The quantitative estimate of drug-likeness (QED) is 0.463. The summed E-state index contributed by atoms with van der Waals surface area (Å²) in [4.78, 5) is 24.4. The number of primary amides is 1. The number of nitrogens with zero attached hydrogens (tertiary/aromatic N) is 3. The number of thiazole rings is 1. The number of ether oxygens (including phenoxy) is 1. The highest BCUT2D eigenvalue weighted by Crippen LogP contribution is 2.25. The van der Waals surface area contributed by atoms with Gasteiger partial charge in [0, 0.05) is 31.6 Å². The highest BCUT2D eigenvalue weighted by molar-refractivity contribution is 7.16. The van der Waals surface area contributed by atoms with E-state index in [9.17, 15) is 4.79 Å². The number of hydrogen-bond acceptors (Lipinski definition) is 9. The van der Waals surface area contributed by atoms with E-state index >= 15 is 0 Å². The Morgan fingerprint density at radius 3 is 3.00 bits per heavy atom. The second kappa shape index (κ2) is 8.04. The summed E-state index contributed by atoms with van der Waals surface area (Å²) in [5, 5.41) is 6.14. The van der Waals surface area contributed by atoms with Crippen LogP contribution in [0.25, 0.3) is 10.2 Å². The zero-order valence-electron chi connectivity index (χ0n) is 14.1. The van der Waals surface area contributed by atoms with Gasteiger partial charge in [0.15, 0.2) is 0 Å². The second-order valence-corrected chi connectivity index (χ2v) is 6.46. The molecule has 0 fully saturated rings. The van der Waals surface area contributed by atoms with Gasteiger partial charge in [0.05, 0.1) is 22.3 Å². The summed E-state index contributed by atoms with van der Waals surface area (Å²) in [7, 11) is 1.58. The van der Waals surface area contributed by atoms with Crippen molar-refractivity contribution in [1.82, 2.24) is 15.0 Å². The number of nitrogens with two attached hydrogens (primary N) is 2. The van der Waals surface area contributed by atoms with Crippen LogP contribution in [0.2, 0.25) is 0 Å². The van der Waals surface area contributed by atoms with Crippen LogP contribution in [0.15, 0.2) is 29.9 Å². The fourth-order valence-electron chi connectivity index (χ4n) is 2.31. The predicted octanol–water partition coefficient (Wildman–Crippen LogP) is 1.31. The first-order valence-electron chi connectivity index (χ1n) is 7.82. The molecule has 10 heteroatoms. The standard InChI is InChI=1S/C16H19N7O2S/c1-25-7-9(17)5-19-16-20-6-11(14(18)24)15(23-16)22-10-2-3-12-13(4-10)26-8-21-12/h2-4,6,8-9H,5,7,17H2,1H3,(H2,18,24)(H2,19,20,22,23). The molecule has 2 heterocycles. The molecular formula is C16H19N7O2S. The molecule has 1 amide bonds. The lowest BCUT2D eigenvalue weighted by molar-refractivity contribution is 0.100. The number of rotatable bonds is 8. The maximum absolute atomic E-state index is 11.7. The van der Waals surface area contributed by atoms with Crippen LogP contribution in [0.4, 0.5) is 17.5 Å². The lowest BCUT2D eigenvalue weighted by atomic mass is 10.2. The number of carbonyl (C=O) groups is 1. The summed E-state index contributed by atoms with van der Waals surface area (Å²) >= 11 is 1.53. The van der Waals surface area contributed by atoms with Crippen LogP contribution in [-0.4, -0.2) is 47.2 Å². The largest absolute Gasteiger partial charge is 0.383 e. The Labute approximate surface area is 153 Å². The van der Waals surface area contributed by atoms with Crippen LogP contribution in [0.3, 0.4) is 0 Å². The van der Waals surface area contributed by atoms with Gasteiger partial charge in [-0.3, -0.25) is 4.79 Å². The Kier molecular flexibility index (Phi) is 5.56. The van der Waals surface area contributed by atoms with E-state index in [0.717, 1.165) is 15.9 Å². The zero-order valence-corrected chi connectivity index (χ0v) is 14.9. The number of carbonyl (C=O) groups excluding carboxylic acids is 1. The van der Waals surface area contributed by atoms with Gasteiger partial charge in [-0.05, 0) is 18.2 Å². The van der Waals surface area contributed by atoms with E-state index in [1.165, 1.54) is 17.5 Å². The summed E-state index contributed by atoms with van der Waals surface area (Å²) in [6, 6.07) is 5.48. The van der Waals surface area contributed by atoms with E-state index in [1.807, 2.05) is 18.2 Å². The fraction of sp³-hybridized carbons (Fsp3) is 0.250. The molecule has 3 aromatic rings. The smallest absolute Gasteiger partial charge is 0.254 e. The Balaban J connectivity index is 1.82. The van der Waals surface area contributed by atoms with Crippen LogP contribution in [0.1, 0.15) is 10.4 Å². The molecule has 1 aromatic carbocycles. The Morgan fingerprint density at radius 1 is 1.38 bits per heavy atom. The molecule has 0 aliphatic rings. The number of aromatic nitrogens is 3. The first-order valence-corrected chi connectivity index (χ1v) is 8.70. The van der Waals surface area contributed by atoms with Gasteiger partial charge in [-0.15, -0.1) is 11.3 Å². The first-order chi connectivity index (χ1) is 12.6. The topological polar surface area (TPSA) is 141 Å². The molecule has 0 saturated carbocycles. The minimum atomic E-state index is -0.617. The number of anilines is 3. The van der Waals surface area contributed by atoms with E-state index in [4.69, 9.17) is 16.2 Å². The van der Waals surface area contributed by atoms with Gasteiger partial charge < -0.3 is 26.8 Å². The van der Waals surface area contributed by atoms with Gasteiger partial charge in [-0.25, -0.2) is 9.97 Å². The normalized spacial score (nSPS) is 12.1. The third kappa shape index (κ3) is 4.23. The molecule has 6 N–H and O–H groups in total. The third-order valence-corrected chi connectivity index (χ3v) is 4.34. The molecule has 2 aromatic heterocycles. The molecule has 1 unspecified atom stereocenters. The van der Waals surface area contributed by atoms with Crippen LogP contribution >= 0.6 is 11.3 Å². The number of nitrogens with one attached hydrogen (secondary N) is 2. The molecule has 0 saturated heterocycles. The summed E-state index contributed by atoms with van der Waals surface area (Å²) in [6.07, 6.45) is 1.38. The predicted molar refractivity (Wildman–Crippen MR) is 102 cm³/mol. The fourth-order valence-corrected chi connectivity index (χ4v) is 3.02. The van der Waals surface area contributed by atoms with Crippen LogP contribution in [0, 0.1) is 0 Å². The van der Waals surface area contributed by atoms with Gasteiger partial charge in [0.2, 0.25) is 5.95 Å². The number of hydrogen-bond donors (Lipinski definition) is 4. The molecule has 0 spiro atoms. The summed E-state index contributed by atoms with van der Waals surface area (Å²) in [6.45, 7) is 0.836. The van der Waals surface area contributed by atoms with Crippen molar-refractivity contribution in [3.8, 4) is 0 Å². The highest BCUT2D eigenvalue weighted by atomic mass is 32.1. The summed E-state index contributed by atoms with van der Waals surface area (Å²) < 4.78 is 6.01. The molecule has 0 aliphatic carbocycles. The first kappa shape index (κ1) is 18.0. The van der Waals surface area contributed by atoms with E-state index in [2.05, 4.69) is 25.6 Å². The summed E-state index contributed by atoms with van der Waals surface area (Å²) in [5.41, 5.74) is 15.0. The number of fused-ring (bicyclic) bond motifs is 1. The molecule has 9 nitrogen and oxygen atoms in total. The lowest BCUT2D eigenvalue weighted by Gasteiger charge is -2.14. The van der Waals surface area contributed by atoms with Crippen molar-refractivity contribution in [2.45, 2.75) is 6.04 Å². The zero-order chi connectivity index (χ0) is 18.5. The lowest BCUT2D eigenvalue weighted by Crippen LogP contribution is -2.33. The molecule has 26 heavy (non-hydrogen) atoms. The monoisotopic (exact) mass is 373 g/mol. The van der Waals surface area contributed by atoms with Gasteiger partial charge in [-0.1, -0.05) is 0 Å². The average Bonchev–Trinajstić information content (AvgIpc) is 3.08. The minimum absolute atomic E-state index is 0.196. The van der Waals surface area contributed by atoms with Crippen molar-refractivity contribution >= 4 is 44.9 Å². The number of benzene rings is 1. The van der Waals surface area contributed by atoms with Crippen molar-refractivity contribution in [3.63, 3.8) is 0 Å². The van der Waals surface area contributed by atoms with Crippen molar-refractivity contribution < 1.29 is 9.53 Å². The molecule has 1 atom stereocenters. The maximum atomic E-state index is 11.7. The Morgan fingerprint density at radius 2 is 2.23 bits per heavy atom. The molecular weight excluding hydrogens is 354 g/mol. The second-order valence-electron chi connectivity index (χ2n) is 5.58. The van der Waals surface area contributed by atoms with Crippen molar-refractivity contribution in [3.05, 3.63) is 35.5 Å². The minimum Gasteiger partial charge on any atom is -0.383 e. The van der Waals surface area contributed by atoms with Gasteiger partial charge >= 0.3 is 0 Å². The molecule has 136 valence electrons. The van der Waals surface area contributed by atoms with E-state index in [1.54, 1.807) is 12.6 Å². The molecule has 0 aliphatic heterocycles. The molecule has 0 radical (unpaired) electrons. The van der Waals surface area contributed by atoms with Crippen molar-refractivity contribution in [2.75, 3.05) is 30.9 Å². The number of methoxy groups -OCH3 is 1. The van der Waals surface area contributed by atoms with Crippen molar-refractivity contribution in [1.29, 1.82) is 0 Å². The van der Waals surface area contributed by atoms with Crippen LogP contribution in [0.5, 0.6) is 0 Å². The average molecular weight is 373 g/mol. The Bertz CT molecular complexity index is 915. The SMILES string of the molecule is COCC(N)CNc1ncc(C(N)=O)c(Nc2ccc3ncsc3c2)n1. The van der Waals surface area contributed by atoms with E-state index < -0.39 is 5.91 Å². The van der Waals surface area contributed by atoms with Gasteiger partial charge in [0.1, 0.15) is 11.4 Å². The molecule has 3 rings (SSSR count). The van der Waals surface area contributed by atoms with Crippen molar-refractivity contribution in [2.24, 2.45) is 11.5 Å². The summed E-state index contributed by atoms with van der Waals surface area (Å²) in [5.74, 6) is 0.0381. The van der Waals surface area contributed by atoms with Gasteiger partial charge in [-0.2, -0.15) is 4.98 Å². The van der Waals surface area contributed by atoms with E-state index in [-0.39, 0.29) is 11.6 Å². The highest BCUT2D eigenvalue weighted by Gasteiger charge is 2.13.